The lowest BCUT2D eigenvalue weighted by Crippen LogP contribution is -2.14. The van der Waals surface area contributed by atoms with Gasteiger partial charge in [-0.15, -0.1) is 0 Å². The number of esters is 1. The van der Waals surface area contributed by atoms with Crippen molar-refractivity contribution >= 4 is 23.5 Å². The van der Waals surface area contributed by atoms with E-state index < -0.39 is 5.97 Å². The summed E-state index contributed by atoms with van der Waals surface area (Å²) in [7, 11) is 0. The molecule has 20 heavy (non-hydrogen) atoms. The van der Waals surface area contributed by atoms with Crippen LogP contribution in [0.1, 0.15) is 30.6 Å². The third kappa shape index (κ3) is 5.34. The Labute approximate surface area is 123 Å². The number of ether oxygens (including phenoxy) is 2. The van der Waals surface area contributed by atoms with Gasteiger partial charge in [-0.25, -0.2) is 14.8 Å². The zero-order valence-electron chi connectivity index (χ0n) is 12.1. The fraction of sp³-hybridized carbons (Fsp3) is 0.615. The van der Waals surface area contributed by atoms with Gasteiger partial charge in [0.15, 0.2) is 5.16 Å². The molecule has 7 heteroatoms. The zero-order valence-corrected chi connectivity index (χ0v) is 13.0. The van der Waals surface area contributed by atoms with Crippen LogP contribution in [0.4, 0.5) is 5.82 Å². The van der Waals surface area contributed by atoms with Crippen LogP contribution in [0.2, 0.25) is 0 Å². The number of aromatic nitrogens is 2. The summed E-state index contributed by atoms with van der Waals surface area (Å²) in [4.78, 5) is 20.2. The molecule has 112 valence electrons. The van der Waals surface area contributed by atoms with E-state index in [9.17, 15) is 4.79 Å². The van der Waals surface area contributed by atoms with Crippen LogP contribution in [0.25, 0.3) is 0 Å². The van der Waals surface area contributed by atoms with E-state index in [0.717, 1.165) is 6.42 Å². The molecule has 0 saturated heterocycles. The summed E-state index contributed by atoms with van der Waals surface area (Å²) in [5, 5.41) is 3.76. The molecule has 0 aliphatic rings. The van der Waals surface area contributed by atoms with Crippen molar-refractivity contribution < 1.29 is 14.3 Å². The fourth-order valence-electron chi connectivity index (χ4n) is 1.48. The van der Waals surface area contributed by atoms with Gasteiger partial charge in [-0.1, -0.05) is 11.8 Å². The van der Waals surface area contributed by atoms with Crippen LogP contribution in [0, 0.1) is 0 Å². The lowest BCUT2D eigenvalue weighted by molar-refractivity contribution is 0.0526. The molecule has 0 aromatic carbocycles. The topological polar surface area (TPSA) is 73.3 Å². The Balaban J connectivity index is 2.71. The minimum absolute atomic E-state index is 0.326. The summed E-state index contributed by atoms with van der Waals surface area (Å²) in [6.07, 6.45) is 4.23. The molecule has 0 bridgehead atoms. The molecule has 1 rings (SSSR count). The molecule has 1 N–H and O–H groups in total. The van der Waals surface area contributed by atoms with Gasteiger partial charge in [0.2, 0.25) is 0 Å². The number of rotatable bonds is 9. The van der Waals surface area contributed by atoms with E-state index in [1.807, 2.05) is 13.2 Å². The van der Waals surface area contributed by atoms with Gasteiger partial charge in [0.25, 0.3) is 0 Å². The van der Waals surface area contributed by atoms with E-state index in [1.165, 1.54) is 18.0 Å². The van der Waals surface area contributed by atoms with Gasteiger partial charge in [0.05, 0.1) is 6.61 Å². The quantitative estimate of drug-likeness (QED) is 0.324. The first kappa shape index (κ1) is 16.7. The van der Waals surface area contributed by atoms with Crippen LogP contribution in [-0.2, 0) is 9.47 Å². The first-order chi connectivity index (χ1) is 9.72. The van der Waals surface area contributed by atoms with Crippen LogP contribution in [-0.4, -0.2) is 48.6 Å². The maximum Gasteiger partial charge on any atom is 0.343 e. The summed E-state index contributed by atoms with van der Waals surface area (Å²) in [5.41, 5.74) is 0.362. The van der Waals surface area contributed by atoms with E-state index in [-0.39, 0.29) is 0 Å². The second-order valence-corrected chi connectivity index (χ2v) is 4.59. The van der Waals surface area contributed by atoms with Crippen molar-refractivity contribution in [2.45, 2.75) is 25.4 Å². The maximum absolute atomic E-state index is 11.8. The molecule has 0 unspecified atom stereocenters. The molecule has 0 aliphatic carbocycles. The fourth-order valence-corrected chi connectivity index (χ4v) is 1.82. The van der Waals surface area contributed by atoms with Crippen molar-refractivity contribution in [1.82, 2.24) is 9.97 Å². The zero-order chi connectivity index (χ0) is 14.8. The number of hydrogen-bond acceptors (Lipinski definition) is 7. The van der Waals surface area contributed by atoms with E-state index >= 15 is 0 Å². The highest BCUT2D eigenvalue weighted by Crippen LogP contribution is 2.17. The lowest BCUT2D eigenvalue weighted by atomic mass is 10.3. The van der Waals surface area contributed by atoms with Crippen LogP contribution in [0.15, 0.2) is 11.4 Å². The number of nitrogens with one attached hydrogen (secondary N) is 1. The van der Waals surface area contributed by atoms with Gasteiger partial charge in [-0.3, -0.25) is 0 Å². The summed E-state index contributed by atoms with van der Waals surface area (Å²) in [6, 6.07) is 0. The van der Waals surface area contributed by atoms with E-state index in [0.29, 0.717) is 42.9 Å². The third-order valence-electron chi connectivity index (χ3n) is 2.41. The molecule has 1 heterocycles. The van der Waals surface area contributed by atoms with Gasteiger partial charge < -0.3 is 14.8 Å². The third-order valence-corrected chi connectivity index (χ3v) is 2.97. The number of carbonyl (C=O) groups is 1. The van der Waals surface area contributed by atoms with E-state index in [4.69, 9.17) is 9.47 Å². The van der Waals surface area contributed by atoms with Crippen LogP contribution < -0.4 is 5.32 Å². The first-order valence-corrected chi connectivity index (χ1v) is 7.85. The van der Waals surface area contributed by atoms with Crippen molar-refractivity contribution in [2.24, 2.45) is 0 Å². The number of anilines is 1. The predicted molar refractivity (Wildman–Crippen MR) is 79.4 cm³/mol. The summed E-state index contributed by atoms with van der Waals surface area (Å²) in [6.45, 7) is 6.12. The van der Waals surface area contributed by atoms with Crippen LogP contribution in [0.5, 0.6) is 0 Å². The lowest BCUT2D eigenvalue weighted by Gasteiger charge is -2.11. The Morgan fingerprint density at radius 1 is 1.40 bits per heavy atom. The van der Waals surface area contributed by atoms with Gasteiger partial charge in [-0.2, -0.15) is 0 Å². The number of carbonyl (C=O) groups excluding carboxylic acids is 1. The number of hydrogen-bond donors (Lipinski definition) is 1. The average molecular weight is 299 g/mol. The second-order valence-electron chi connectivity index (χ2n) is 3.82. The Bertz CT molecular complexity index is 429. The van der Waals surface area contributed by atoms with Gasteiger partial charge >= 0.3 is 5.97 Å². The molecule has 0 spiro atoms. The highest BCUT2D eigenvalue weighted by molar-refractivity contribution is 7.98. The Kier molecular flexibility index (Phi) is 7.98. The number of thioether (sulfide) groups is 1. The van der Waals surface area contributed by atoms with Gasteiger partial charge in [0.1, 0.15) is 11.4 Å². The first-order valence-electron chi connectivity index (χ1n) is 6.62. The molecule has 0 aliphatic heterocycles. The molecule has 0 saturated carbocycles. The Hall–Kier alpha value is -1.34. The summed E-state index contributed by atoms with van der Waals surface area (Å²) < 4.78 is 10.3. The van der Waals surface area contributed by atoms with Crippen LogP contribution in [0.3, 0.4) is 0 Å². The minimum Gasteiger partial charge on any atom is -0.462 e. The highest BCUT2D eigenvalue weighted by Gasteiger charge is 2.15. The van der Waals surface area contributed by atoms with Gasteiger partial charge in [-0.05, 0) is 26.5 Å². The average Bonchev–Trinajstić information content (AvgIpc) is 2.47. The molecule has 0 radical (unpaired) electrons. The van der Waals surface area contributed by atoms with Crippen molar-refractivity contribution in [1.29, 1.82) is 0 Å². The van der Waals surface area contributed by atoms with Crippen LogP contribution >= 0.6 is 11.8 Å². The highest BCUT2D eigenvalue weighted by atomic mass is 32.2. The Morgan fingerprint density at radius 2 is 2.20 bits per heavy atom. The molecule has 6 nitrogen and oxygen atoms in total. The molecular formula is C13H21N3O3S. The molecule has 1 aromatic heterocycles. The molecule has 0 fully saturated rings. The molecular weight excluding hydrogens is 278 g/mol. The summed E-state index contributed by atoms with van der Waals surface area (Å²) >= 11 is 1.43. The van der Waals surface area contributed by atoms with E-state index in [2.05, 4.69) is 15.3 Å². The molecule has 1 aromatic rings. The van der Waals surface area contributed by atoms with Crippen molar-refractivity contribution in [3.8, 4) is 0 Å². The number of nitrogens with zero attached hydrogens (tertiary/aromatic N) is 2. The SMILES string of the molecule is CCOCCCNc1nc(SC)ncc1C(=O)OCC. The maximum atomic E-state index is 11.8. The smallest absolute Gasteiger partial charge is 0.343 e. The predicted octanol–water partition coefficient (Wildman–Crippen LogP) is 2.21. The second kappa shape index (κ2) is 9.55. The van der Waals surface area contributed by atoms with E-state index in [1.54, 1.807) is 6.92 Å². The monoisotopic (exact) mass is 299 g/mol. The van der Waals surface area contributed by atoms with Crippen molar-refractivity contribution in [3.05, 3.63) is 11.8 Å². The normalized spacial score (nSPS) is 10.3. The largest absolute Gasteiger partial charge is 0.462 e. The Morgan fingerprint density at radius 3 is 2.85 bits per heavy atom. The van der Waals surface area contributed by atoms with Gasteiger partial charge in [0, 0.05) is 26.0 Å². The van der Waals surface area contributed by atoms with Crippen molar-refractivity contribution in [3.63, 3.8) is 0 Å². The summed E-state index contributed by atoms with van der Waals surface area (Å²) in [5.74, 6) is 0.103. The molecule has 0 amide bonds. The molecule has 0 atom stereocenters. The minimum atomic E-state index is -0.410. The van der Waals surface area contributed by atoms with Crippen molar-refractivity contribution in [2.75, 3.05) is 37.9 Å². The standard InChI is InChI=1S/C13H21N3O3S/c1-4-18-8-6-7-14-11-10(12(17)19-5-2)9-15-13(16-11)20-3/h9H,4-8H2,1-3H3,(H,14,15,16).